The van der Waals surface area contributed by atoms with Gasteiger partial charge in [0.15, 0.2) is 0 Å². The van der Waals surface area contributed by atoms with Crippen LogP contribution in [-0.4, -0.2) is 80.4 Å². The van der Waals surface area contributed by atoms with E-state index in [1.807, 2.05) is 6.92 Å². The van der Waals surface area contributed by atoms with Crippen molar-refractivity contribution in [1.29, 1.82) is 0 Å². The van der Waals surface area contributed by atoms with E-state index in [4.69, 9.17) is 0 Å². The highest BCUT2D eigenvalue weighted by atomic mass is 32.2. The predicted molar refractivity (Wildman–Crippen MR) is 85.5 cm³/mol. The van der Waals surface area contributed by atoms with E-state index in [-0.39, 0.29) is 12.1 Å². The fourth-order valence-electron chi connectivity index (χ4n) is 3.22. The van der Waals surface area contributed by atoms with Crippen molar-refractivity contribution in [3.63, 3.8) is 0 Å². The summed E-state index contributed by atoms with van der Waals surface area (Å²) in [6.45, 7) is 12.7. The summed E-state index contributed by atoms with van der Waals surface area (Å²) >= 11 is 0. The van der Waals surface area contributed by atoms with E-state index >= 15 is 0 Å². The molecule has 6 nitrogen and oxygen atoms in total. The number of likely N-dealkylation sites (N-methyl/N-ethyl adjacent to an activating group) is 1. The van der Waals surface area contributed by atoms with Gasteiger partial charge in [0.1, 0.15) is 0 Å². The van der Waals surface area contributed by atoms with Crippen molar-refractivity contribution in [1.82, 2.24) is 18.8 Å². The van der Waals surface area contributed by atoms with Crippen LogP contribution in [0.3, 0.4) is 0 Å². The number of hydrogen-bond donors (Lipinski definition) is 1. The Kier molecular flexibility index (Phi) is 6.02. The zero-order chi connectivity index (χ0) is 15.5. The molecule has 2 aliphatic rings. The summed E-state index contributed by atoms with van der Waals surface area (Å²) in [6.07, 6.45) is 1.94. The van der Waals surface area contributed by atoms with Crippen molar-refractivity contribution in [2.45, 2.75) is 45.7 Å². The van der Waals surface area contributed by atoms with Crippen LogP contribution in [-0.2, 0) is 10.2 Å². The zero-order valence-electron chi connectivity index (χ0n) is 13.6. The van der Waals surface area contributed by atoms with Gasteiger partial charge in [-0.15, -0.1) is 0 Å². The molecule has 0 spiro atoms. The van der Waals surface area contributed by atoms with Crippen LogP contribution < -0.4 is 4.72 Å². The zero-order valence-corrected chi connectivity index (χ0v) is 14.4. The Labute approximate surface area is 129 Å². The number of nitrogens with one attached hydrogen (secondary N) is 1. The molecule has 124 valence electrons. The minimum absolute atomic E-state index is 0.130. The SMILES string of the molecule is CCN1CCN([C@H](C)CNS(=O)(=O)N2CCC[C@@H]2C)CC1. The standard InChI is InChI=1S/C14H30N4O2S/c1-4-16-8-10-17(11-9-16)14(3)12-15-21(19,20)18-7-5-6-13(18)2/h13-15H,4-12H2,1-3H3/t13-,14+/m0/s1. The van der Waals surface area contributed by atoms with E-state index in [9.17, 15) is 8.42 Å². The molecule has 0 bridgehead atoms. The van der Waals surface area contributed by atoms with Crippen LogP contribution in [0.15, 0.2) is 0 Å². The molecule has 0 aromatic carbocycles. The smallest absolute Gasteiger partial charge is 0.279 e. The van der Waals surface area contributed by atoms with Crippen molar-refractivity contribution in [2.75, 3.05) is 45.8 Å². The second kappa shape index (κ2) is 7.37. The van der Waals surface area contributed by atoms with Crippen LogP contribution in [0.4, 0.5) is 0 Å². The molecule has 2 fully saturated rings. The van der Waals surface area contributed by atoms with Gasteiger partial charge < -0.3 is 4.90 Å². The Morgan fingerprint density at radius 2 is 1.86 bits per heavy atom. The lowest BCUT2D eigenvalue weighted by atomic mass is 10.2. The highest BCUT2D eigenvalue weighted by Gasteiger charge is 2.31. The molecule has 2 rings (SSSR count). The lowest BCUT2D eigenvalue weighted by Gasteiger charge is -2.37. The van der Waals surface area contributed by atoms with Gasteiger partial charge in [0.05, 0.1) is 0 Å². The van der Waals surface area contributed by atoms with Crippen LogP contribution in [0, 0.1) is 0 Å². The highest BCUT2D eigenvalue weighted by molar-refractivity contribution is 7.87. The summed E-state index contributed by atoms with van der Waals surface area (Å²) in [5.74, 6) is 0. The van der Waals surface area contributed by atoms with Gasteiger partial charge in [-0.1, -0.05) is 6.92 Å². The molecule has 2 aliphatic heterocycles. The first-order chi connectivity index (χ1) is 9.94. The molecule has 21 heavy (non-hydrogen) atoms. The Balaban J connectivity index is 1.79. The van der Waals surface area contributed by atoms with Gasteiger partial charge in [0, 0.05) is 51.4 Å². The van der Waals surface area contributed by atoms with E-state index in [1.54, 1.807) is 4.31 Å². The van der Waals surface area contributed by atoms with Crippen LogP contribution in [0.2, 0.25) is 0 Å². The molecule has 0 saturated carbocycles. The largest absolute Gasteiger partial charge is 0.301 e. The summed E-state index contributed by atoms with van der Waals surface area (Å²) in [6, 6.07) is 0.377. The predicted octanol–water partition coefficient (Wildman–Crippen LogP) is 0.331. The average molecular weight is 318 g/mol. The third kappa shape index (κ3) is 4.39. The molecule has 0 radical (unpaired) electrons. The number of nitrogens with zero attached hydrogens (tertiary/aromatic N) is 3. The van der Waals surface area contributed by atoms with Gasteiger partial charge in [-0.05, 0) is 33.2 Å². The molecule has 0 aromatic heterocycles. The molecule has 0 amide bonds. The van der Waals surface area contributed by atoms with E-state index in [0.717, 1.165) is 45.6 Å². The Hall–Kier alpha value is -0.210. The van der Waals surface area contributed by atoms with Crippen molar-refractivity contribution in [3.05, 3.63) is 0 Å². The van der Waals surface area contributed by atoms with Gasteiger partial charge >= 0.3 is 0 Å². The Morgan fingerprint density at radius 1 is 1.19 bits per heavy atom. The first-order valence-electron chi connectivity index (χ1n) is 8.17. The summed E-state index contributed by atoms with van der Waals surface area (Å²) in [5.41, 5.74) is 0. The molecular formula is C14H30N4O2S. The molecule has 2 atom stereocenters. The molecule has 0 aliphatic carbocycles. The summed E-state index contributed by atoms with van der Waals surface area (Å²) in [7, 11) is -3.31. The second-order valence-electron chi connectivity index (χ2n) is 6.27. The molecule has 2 saturated heterocycles. The first kappa shape index (κ1) is 17.1. The molecule has 0 aromatic rings. The minimum Gasteiger partial charge on any atom is -0.301 e. The van der Waals surface area contributed by atoms with E-state index in [0.29, 0.717) is 13.1 Å². The van der Waals surface area contributed by atoms with Crippen molar-refractivity contribution >= 4 is 10.2 Å². The Bertz CT molecular complexity index is 421. The van der Waals surface area contributed by atoms with Crippen molar-refractivity contribution in [3.8, 4) is 0 Å². The summed E-state index contributed by atoms with van der Waals surface area (Å²) in [4.78, 5) is 4.81. The molecule has 2 heterocycles. The molecule has 1 N–H and O–H groups in total. The summed E-state index contributed by atoms with van der Waals surface area (Å²) in [5, 5.41) is 0. The van der Waals surface area contributed by atoms with Crippen LogP contribution in [0.1, 0.15) is 33.6 Å². The van der Waals surface area contributed by atoms with Gasteiger partial charge in [-0.2, -0.15) is 12.7 Å². The molecule has 7 heteroatoms. The monoisotopic (exact) mass is 318 g/mol. The maximum atomic E-state index is 12.3. The van der Waals surface area contributed by atoms with E-state index in [2.05, 4.69) is 28.4 Å². The van der Waals surface area contributed by atoms with Crippen molar-refractivity contribution in [2.24, 2.45) is 0 Å². The highest BCUT2D eigenvalue weighted by Crippen LogP contribution is 2.19. The fourth-order valence-corrected chi connectivity index (χ4v) is 4.79. The van der Waals surface area contributed by atoms with Crippen LogP contribution in [0.5, 0.6) is 0 Å². The van der Waals surface area contributed by atoms with Crippen molar-refractivity contribution < 1.29 is 8.42 Å². The lowest BCUT2D eigenvalue weighted by Crippen LogP contribution is -2.53. The fraction of sp³-hybridized carbons (Fsp3) is 1.00. The average Bonchev–Trinajstić information content (AvgIpc) is 2.92. The van der Waals surface area contributed by atoms with Gasteiger partial charge in [0.2, 0.25) is 0 Å². The van der Waals surface area contributed by atoms with Crippen LogP contribution in [0.25, 0.3) is 0 Å². The maximum absolute atomic E-state index is 12.3. The number of hydrogen-bond acceptors (Lipinski definition) is 4. The quantitative estimate of drug-likeness (QED) is 0.767. The third-order valence-electron chi connectivity index (χ3n) is 4.84. The maximum Gasteiger partial charge on any atom is 0.279 e. The topological polar surface area (TPSA) is 55.9 Å². The first-order valence-corrected chi connectivity index (χ1v) is 9.61. The van der Waals surface area contributed by atoms with E-state index in [1.165, 1.54) is 0 Å². The minimum atomic E-state index is -3.31. The van der Waals surface area contributed by atoms with Crippen LogP contribution >= 0.6 is 0 Å². The Morgan fingerprint density at radius 3 is 2.38 bits per heavy atom. The van der Waals surface area contributed by atoms with E-state index < -0.39 is 10.2 Å². The van der Waals surface area contributed by atoms with Gasteiger partial charge in [-0.25, -0.2) is 4.72 Å². The lowest BCUT2D eigenvalue weighted by molar-refractivity contribution is 0.107. The number of piperazine rings is 1. The summed E-state index contributed by atoms with van der Waals surface area (Å²) < 4.78 is 29.0. The van der Waals surface area contributed by atoms with Gasteiger partial charge in [-0.3, -0.25) is 4.90 Å². The molecule has 0 unspecified atom stereocenters. The number of rotatable bonds is 6. The third-order valence-corrected chi connectivity index (χ3v) is 6.53. The van der Waals surface area contributed by atoms with Gasteiger partial charge in [0.25, 0.3) is 10.2 Å². The normalized spacial score (nSPS) is 28.0. The molecular weight excluding hydrogens is 288 g/mol. The second-order valence-corrected chi connectivity index (χ2v) is 7.98.